The van der Waals surface area contributed by atoms with Gasteiger partial charge in [0.1, 0.15) is 11.6 Å². The molecule has 3 rings (SSSR count). The second kappa shape index (κ2) is 4.33. The number of nitrogens with zero attached hydrogens (tertiary/aromatic N) is 2. The smallest absolute Gasteiger partial charge is 0.169 e. The van der Waals surface area contributed by atoms with E-state index in [0.29, 0.717) is 0 Å². The minimum absolute atomic E-state index is 0.791. The van der Waals surface area contributed by atoms with Crippen LogP contribution in [0.5, 0.6) is 0 Å². The summed E-state index contributed by atoms with van der Waals surface area (Å²) in [6.45, 7) is 2.87. The van der Waals surface area contributed by atoms with Gasteiger partial charge in [0.15, 0.2) is 4.67 Å². The molecule has 0 unspecified atom stereocenters. The first kappa shape index (κ1) is 11.1. The Morgan fingerprint density at radius 3 is 2.94 bits per heavy atom. The van der Waals surface area contributed by atoms with Crippen molar-refractivity contribution in [3.8, 4) is 0 Å². The molecule has 0 fully saturated rings. The lowest BCUT2D eigenvalue weighted by Gasteiger charge is -2.13. The fourth-order valence-electron chi connectivity index (χ4n) is 2.54. The maximum absolute atomic E-state index is 5.57. The first-order valence-electron chi connectivity index (χ1n) is 6.03. The zero-order chi connectivity index (χ0) is 11.8. The molecule has 0 aliphatic heterocycles. The Morgan fingerprint density at radius 1 is 1.35 bits per heavy atom. The molecule has 0 amide bonds. The van der Waals surface area contributed by atoms with E-state index in [-0.39, 0.29) is 0 Å². The average molecular weight is 295 g/mol. The van der Waals surface area contributed by atoms with Crippen LogP contribution in [0.4, 0.5) is 0 Å². The van der Waals surface area contributed by atoms with Crippen molar-refractivity contribution in [1.82, 2.24) is 9.55 Å². The molecule has 0 spiro atoms. The van der Waals surface area contributed by atoms with Crippen LogP contribution in [-0.4, -0.2) is 9.55 Å². The third kappa shape index (κ3) is 2.06. The molecular formula is C13H15BrN2O. The summed E-state index contributed by atoms with van der Waals surface area (Å²) in [5.74, 6) is 2.08. The Balaban J connectivity index is 1.94. The largest absolute Gasteiger partial charge is 0.452 e. The summed E-state index contributed by atoms with van der Waals surface area (Å²) in [6, 6.07) is 3.95. The van der Waals surface area contributed by atoms with Gasteiger partial charge in [-0.15, -0.1) is 0 Å². The van der Waals surface area contributed by atoms with E-state index < -0.39 is 0 Å². The van der Waals surface area contributed by atoms with Gasteiger partial charge in [-0.05, 0) is 60.7 Å². The summed E-state index contributed by atoms with van der Waals surface area (Å²) >= 11 is 3.34. The van der Waals surface area contributed by atoms with E-state index in [1.165, 1.54) is 24.2 Å². The van der Waals surface area contributed by atoms with E-state index in [2.05, 4.69) is 32.4 Å². The van der Waals surface area contributed by atoms with Crippen LogP contribution in [0.15, 0.2) is 21.2 Å². The lowest BCUT2D eigenvalue weighted by molar-refractivity contribution is 0.466. The van der Waals surface area contributed by atoms with Gasteiger partial charge in [-0.2, -0.15) is 0 Å². The molecule has 0 aromatic carbocycles. The van der Waals surface area contributed by atoms with Gasteiger partial charge in [-0.1, -0.05) is 0 Å². The van der Waals surface area contributed by atoms with Crippen molar-refractivity contribution in [3.63, 3.8) is 0 Å². The molecule has 2 aromatic heterocycles. The van der Waals surface area contributed by atoms with Crippen LogP contribution in [0.1, 0.15) is 35.8 Å². The molecule has 0 N–H and O–H groups in total. The number of furan rings is 1. The average Bonchev–Trinajstić information content (AvgIpc) is 2.85. The molecule has 1 aliphatic carbocycles. The lowest BCUT2D eigenvalue weighted by Crippen LogP contribution is -2.09. The number of hydrogen-bond acceptors (Lipinski definition) is 2. The summed E-state index contributed by atoms with van der Waals surface area (Å²) < 4.78 is 8.65. The minimum Gasteiger partial charge on any atom is -0.452 e. The summed E-state index contributed by atoms with van der Waals surface area (Å²) in [5.41, 5.74) is 2.70. The summed E-state index contributed by atoms with van der Waals surface area (Å²) in [6.07, 6.45) is 4.83. The third-order valence-corrected chi connectivity index (χ3v) is 3.79. The molecule has 90 valence electrons. The van der Waals surface area contributed by atoms with Gasteiger partial charge in [-0.3, -0.25) is 0 Å². The zero-order valence-corrected chi connectivity index (χ0v) is 11.5. The molecule has 2 aromatic rings. The first-order chi connectivity index (χ1) is 8.24. The Labute approximate surface area is 109 Å². The molecule has 1 aliphatic rings. The predicted octanol–water partition coefficient (Wildman–Crippen LogP) is 3.47. The van der Waals surface area contributed by atoms with Crippen LogP contribution in [0.2, 0.25) is 0 Å². The first-order valence-corrected chi connectivity index (χ1v) is 6.82. The van der Waals surface area contributed by atoms with E-state index >= 15 is 0 Å². The number of aryl methyl sites for hydroxylation is 2. The fraction of sp³-hybridized carbons (Fsp3) is 0.462. The Morgan fingerprint density at radius 2 is 2.18 bits per heavy atom. The van der Waals surface area contributed by atoms with Gasteiger partial charge in [-0.25, -0.2) is 4.98 Å². The van der Waals surface area contributed by atoms with Crippen LogP contribution >= 0.6 is 15.9 Å². The normalized spacial score (nSPS) is 14.9. The Hall–Kier alpha value is -1.03. The fourth-order valence-corrected chi connectivity index (χ4v) is 2.88. The number of halogens is 1. The van der Waals surface area contributed by atoms with Gasteiger partial charge >= 0.3 is 0 Å². The topological polar surface area (TPSA) is 31.0 Å². The van der Waals surface area contributed by atoms with E-state index in [1.807, 2.05) is 12.1 Å². The zero-order valence-electron chi connectivity index (χ0n) is 9.87. The maximum Gasteiger partial charge on any atom is 0.169 e. The third-order valence-electron chi connectivity index (χ3n) is 3.37. The van der Waals surface area contributed by atoms with Crippen molar-refractivity contribution >= 4 is 15.9 Å². The molecule has 0 bridgehead atoms. The monoisotopic (exact) mass is 294 g/mol. The highest BCUT2D eigenvalue weighted by Crippen LogP contribution is 2.24. The maximum atomic E-state index is 5.57. The van der Waals surface area contributed by atoms with Gasteiger partial charge in [0, 0.05) is 5.69 Å². The summed E-state index contributed by atoms with van der Waals surface area (Å²) in [4.78, 5) is 4.66. The molecule has 0 radical (unpaired) electrons. The van der Waals surface area contributed by atoms with Crippen LogP contribution in [0.25, 0.3) is 0 Å². The molecule has 0 saturated heterocycles. The molecular weight excluding hydrogens is 280 g/mol. The highest BCUT2D eigenvalue weighted by molar-refractivity contribution is 9.10. The van der Waals surface area contributed by atoms with Crippen molar-refractivity contribution in [2.75, 3.05) is 0 Å². The SMILES string of the molecule is Cc1nc2c(n1Cc1ccc(Br)o1)CCCC2. The molecule has 0 atom stereocenters. The van der Waals surface area contributed by atoms with Crippen molar-refractivity contribution in [3.05, 3.63) is 39.8 Å². The molecule has 3 nitrogen and oxygen atoms in total. The highest BCUT2D eigenvalue weighted by atomic mass is 79.9. The van der Waals surface area contributed by atoms with E-state index in [1.54, 1.807) is 0 Å². The quantitative estimate of drug-likeness (QED) is 0.849. The predicted molar refractivity (Wildman–Crippen MR) is 69.1 cm³/mol. The minimum atomic E-state index is 0.791. The Bertz CT molecular complexity index is 542. The Kier molecular flexibility index (Phi) is 2.82. The van der Waals surface area contributed by atoms with Gasteiger partial charge in [0.05, 0.1) is 12.2 Å². The number of aromatic nitrogens is 2. The second-order valence-corrected chi connectivity index (χ2v) is 5.33. The van der Waals surface area contributed by atoms with Crippen LogP contribution in [0, 0.1) is 6.92 Å². The van der Waals surface area contributed by atoms with Crippen LogP contribution < -0.4 is 0 Å². The van der Waals surface area contributed by atoms with E-state index in [4.69, 9.17) is 4.42 Å². The number of imidazole rings is 1. The van der Waals surface area contributed by atoms with Crippen molar-refractivity contribution in [2.45, 2.75) is 39.2 Å². The highest BCUT2D eigenvalue weighted by Gasteiger charge is 2.18. The standard InChI is InChI=1S/C13H15BrN2O/c1-9-15-11-4-2-3-5-12(11)16(9)8-10-6-7-13(14)17-10/h6-7H,2-5,8H2,1H3. The van der Waals surface area contributed by atoms with Crippen molar-refractivity contribution in [1.29, 1.82) is 0 Å². The van der Waals surface area contributed by atoms with Crippen molar-refractivity contribution < 1.29 is 4.42 Å². The number of fused-ring (bicyclic) bond motifs is 1. The van der Waals surface area contributed by atoms with E-state index in [0.717, 1.165) is 35.6 Å². The number of hydrogen-bond donors (Lipinski definition) is 0. The summed E-state index contributed by atoms with van der Waals surface area (Å²) in [7, 11) is 0. The molecule has 17 heavy (non-hydrogen) atoms. The molecule has 0 saturated carbocycles. The lowest BCUT2D eigenvalue weighted by atomic mass is 10.0. The van der Waals surface area contributed by atoms with Gasteiger partial charge in [0.25, 0.3) is 0 Å². The molecule has 2 heterocycles. The van der Waals surface area contributed by atoms with Gasteiger partial charge in [0.2, 0.25) is 0 Å². The van der Waals surface area contributed by atoms with Crippen LogP contribution in [-0.2, 0) is 19.4 Å². The number of rotatable bonds is 2. The van der Waals surface area contributed by atoms with Crippen molar-refractivity contribution in [2.24, 2.45) is 0 Å². The second-order valence-electron chi connectivity index (χ2n) is 4.55. The molecule has 4 heteroatoms. The summed E-state index contributed by atoms with van der Waals surface area (Å²) in [5, 5.41) is 0. The van der Waals surface area contributed by atoms with E-state index in [9.17, 15) is 0 Å². The van der Waals surface area contributed by atoms with Crippen LogP contribution in [0.3, 0.4) is 0 Å². The van der Waals surface area contributed by atoms with Gasteiger partial charge < -0.3 is 8.98 Å².